The fourth-order valence-electron chi connectivity index (χ4n) is 2.69. The lowest BCUT2D eigenvalue weighted by Gasteiger charge is -2.37. The van der Waals surface area contributed by atoms with Crippen molar-refractivity contribution in [3.8, 4) is 0 Å². The van der Waals surface area contributed by atoms with Crippen LogP contribution in [0.2, 0.25) is 0 Å². The molecule has 3 nitrogen and oxygen atoms in total. The van der Waals surface area contributed by atoms with Crippen molar-refractivity contribution >= 4 is 5.91 Å². The summed E-state index contributed by atoms with van der Waals surface area (Å²) in [6.45, 7) is 4.24. The fraction of sp³-hybridized carbons (Fsp3) is 0.917. The van der Waals surface area contributed by atoms with Gasteiger partial charge in [-0.15, -0.1) is 0 Å². The highest BCUT2D eigenvalue weighted by Gasteiger charge is 2.27. The maximum atomic E-state index is 11.8. The Labute approximate surface area is 92.2 Å². The van der Waals surface area contributed by atoms with E-state index in [-0.39, 0.29) is 0 Å². The zero-order chi connectivity index (χ0) is 10.7. The van der Waals surface area contributed by atoms with Crippen molar-refractivity contribution in [3.05, 3.63) is 0 Å². The molecule has 2 fully saturated rings. The number of hydrogen-bond donors (Lipinski definition) is 1. The Kier molecular flexibility index (Phi) is 3.62. The standard InChI is InChI=1S/C12H22N2O/c1-10-5-4-7-12(15)14(10)9-11-6-2-3-8-13-11/h10-11,13H,2-9H2,1H3. The van der Waals surface area contributed by atoms with Crippen LogP contribution < -0.4 is 5.32 Å². The van der Waals surface area contributed by atoms with Crippen molar-refractivity contribution in [2.45, 2.75) is 57.5 Å². The van der Waals surface area contributed by atoms with E-state index >= 15 is 0 Å². The molecule has 1 amide bonds. The minimum atomic E-state index is 0.362. The number of likely N-dealkylation sites (tertiary alicyclic amines) is 1. The van der Waals surface area contributed by atoms with Crippen LogP contribution in [-0.2, 0) is 4.79 Å². The molecule has 0 aromatic carbocycles. The van der Waals surface area contributed by atoms with Gasteiger partial charge in [0.1, 0.15) is 0 Å². The van der Waals surface area contributed by atoms with Gasteiger partial charge in [-0.25, -0.2) is 0 Å². The number of nitrogens with zero attached hydrogens (tertiary/aromatic N) is 1. The summed E-state index contributed by atoms with van der Waals surface area (Å²) in [5, 5.41) is 3.51. The second-order valence-electron chi connectivity index (χ2n) is 4.93. The predicted octanol–water partition coefficient (Wildman–Crippen LogP) is 1.53. The SMILES string of the molecule is CC1CCCC(=O)N1CC1CCCCN1. The van der Waals surface area contributed by atoms with E-state index in [0.29, 0.717) is 18.0 Å². The molecule has 2 saturated heterocycles. The summed E-state index contributed by atoms with van der Waals surface area (Å²) in [4.78, 5) is 13.9. The van der Waals surface area contributed by atoms with Crippen LogP contribution in [0.4, 0.5) is 0 Å². The number of hydrogen-bond acceptors (Lipinski definition) is 2. The normalized spacial score (nSPS) is 33.1. The third-order valence-electron chi connectivity index (χ3n) is 3.69. The average molecular weight is 210 g/mol. The first-order chi connectivity index (χ1) is 7.27. The molecule has 2 aliphatic rings. The molecule has 15 heavy (non-hydrogen) atoms. The first-order valence-corrected chi connectivity index (χ1v) is 6.30. The Balaban J connectivity index is 1.87. The molecule has 0 radical (unpaired) electrons. The van der Waals surface area contributed by atoms with E-state index in [1.807, 2.05) is 0 Å². The molecule has 0 aliphatic carbocycles. The van der Waals surface area contributed by atoms with Gasteiger partial charge in [-0.2, -0.15) is 0 Å². The van der Waals surface area contributed by atoms with Gasteiger partial charge in [-0.05, 0) is 39.2 Å². The molecule has 1 N–H and O–H groups in total. The predicted molar refractivity (Wildman–Crippen MR) is 60.7 cm³/mol. The minimum absolute atomic E-state index is 0.362. The maximum Gasteiger partial charge on any atom is 0.222 e. The number of rotatable bonds is 2. The minimum Gasteiger partial charge on any atom is -0.338 e. The summed E-state index contributed by atoms with van der Waals surface area (Å²) < 4.78 is 0. The molecule has 2 heterocycles. The van der Waals surface area contributed by atoms with Gasteiger partial charge in [0.2, 0.25) is 5.91 Å². The highest BCUT2D eigenvalue weighted by Crippen LogP contribution is 2.19. The van der Waals surface area contributed by atoms with Gasteiger partial charge in [0, 0.05) is 25.0 Å². The molecular weight excluding hydrogens is 188 g/mol. The quantitative estimate of drug-likeness (QED) is 0.749. The van der Waals surface area contributed by atoms with E-state index in [1.165, 1.54) is 25.7 Å². The fourth-order valence-corrected chi connectivity index (χ4v) is 2.69. The summed E-state index contributed by atoms with van der Waals surface area (Å²) in [5.74, 6) is 0.362. The maximum absolute atomic E-state index is 11.8. The Hall–Kier alpha value is -0.570. The van der Waals surface area contributed by atoms with Crippen LogP contribution in [0.15, 0.2) is 0 Å². The number of carbonyl (C=O) groups excluding carboxylic acids is 1. The van der Waals surface area contributed by atoms with Crippen LogP contribution in [0.5, 0.6) is 0 Å². The van der Waals surface area contributed by atoms with Crippen molar-refractivity contribution in [1.29, 1.82) is 0 Å². The van der Waals surface area contributed by atoms with E-state index in [1.54, 1.807) is 0 Å². The largest absolute Gasteiger partial charge is 0.338 e. The molecular formula is C12H22N2O. The molecule has 0 aromatic heterocycles. The molecule has 2 atom stereocenters. The third kappa shape index (κ3) is 2.71. The van der Waals surface area contributed by atoms with E-state index in [2.05, 4.69) is 17.1 Å². The van der Waals surface area contributed by atoms with Gasteiger partial charge in [-0.3, -0.25) is 4.79 Å². The van der Waals surface area contributed by atoms with Crippen LogP contribution in [0.3, 0.4) is 0 Å². The molecule has 2 rings (SSSR count). The molecule has 2 aliphatic heterocycles. The second kappa shape index (κ2) is 4.97. The number of carbonyl (C=O) groups is 1. The molecule has 0 saturated carbocycles. The second-order valence-corrected chi connectivity index (χ2v) is 4.93. The van der Waals surface area contributed by atoms with Gasteiger partial charge in [0.05, 0.1) is 0 Å². The summed E-state index contributed by atoms with van der Waals surface area (Å²) in [6, 6.07) is 0.998. The van der Waals surface area contributed by atoms with Crippen LogP contribution in [0.25, 0.3) is 0 Å². The third-order valence-corrected chi connectivity index (χ3v) is 3.69. The average Bonchev–Trinajstić information content (AvgIpc) is 2.25. The summed E-state index contributed by atoms with van der Waals surface area (Å²) in [6.07, 6.45) is 6.86. The lowest BCUT2D eigenvalue weighted by Crippen LogP contribution is -2.50. The molecule has 0 aromatic rings. The van der Waals surface area contributed by atoms with Crippen LogP contribution in [-0.4, -0.2) is 36.0 Å². The van der Waals surface area contributed by atoms with Crippen molar-refractivity contribution in [3.63, 3.8) is 0 Å². The Morgan fingerprint density at radius 3 is 2.87 bits per heavy atom. The zero-order valence-corrected chi connectivity index (χ0v) is 9.67. The summed E-state index contributed by atoms with van der Waals surface area (Å²) >= 11 is 0. The van der Waals surface area contributed by atoms with E-state index in [9.17, 15) is 4.79 Å². The van der Waals surface area contributed by atoms with Crippen LogP contribution >= 0.6 is 0 Å². The van der Waals surface area contributed by atoms with Gasteiger partial charge in [0.25, 0.3) is 0 Å². The van der Waals surface area contributed by atoms with Gasteiger partial charge in [0.15, 0.2) is 0 Å². The van der Waals surface area contributed by atoms with Gasteiger partial charge < -0.3 is 10.2 Å². The molecule has 0 bridgehead atoms. The van der Waals surface area contributed by atoms with Crippen molar-refractivity contribution < 1.29 is 4.79 Å². The Bertz CT molecular complexity index is 224. The number of amides is 1. The summed E-state index contributed by atoms with van der Waals surface area (Å²) in [7, 11) is 0. The highest BCUT2D eigenvalue weighted by atomic mass is 16.2. The Morgan fingerprint density at radius 1 is 1.33 bits per heavy atom. The zero-order valence-electron chi connectivity index (χ0n) is 9.67. The Morgan fingerprint density at radius 2 is 2.20 bits per heavy atom. The monoisotopic (exact) mass is 210 g/mol. The topological polar surface area (TPSA) is 32.3 Å². The van der Waals surface area contributed by atoms with E-state index < -0.39 is 0 Å². The van der Waals surface area contributed by atoms with Crippen LogP contribution in [0, 0.1) is 0 Å². The van der Waals surface area contributed by atoms with E-state index in [0.717, 1.165) is 25.9 Å². The lowest BCUT2D eigenvalue weighted by atomic mass is 9.99. The van der Waals surface area contributed by atoms with Crippen molar-refractivity contribution in [2.75, 3.05) is 13.1 Å². The molecule has 0 spiro atoms. The highest BCUT2D eigenvalue weighted by molar-refractivity contribution is 5.77. The smallest absolute Gasteiger partial charge is 0.222 e. The molecule has 86 valence electrons. The van der Waals surface area contributed by atoms with Crippen molar-refractivity contribution in [2.24, 2.45) is 0 Å². The lowest BCUT2D eigenvalue weighted by molar-refractivity contribution is -0.136. The van der Waals surface area contributed by atoms with Crippen molar-refractivity contribution in [1.82, 2.24) is 10.2 Å². The van der Waals surface area contributed by atoms with E-state index in [4.69, 9.17) is 0 Å². The number of piperidine rings is 2. The first-order valence-electron chi connectivity index (χ1n) is 6.30. The first kappa shape index (κ1) is 10.9. The van der Waals surface area contributed by atoms with Gasteiger partial charge in [-0.1, -0.05) is 6.42 Å². The summed E-state index contributed by atoms with van der Waals surface area (Å²) in [5.41, 5.74) is 0. The van der Waals surface area contributed by atoms with Crippen LogP contribution in [0.1, 0.15) is 45.4 Å². The molecule has 2 unspecified atom stereocenters. The van der Waals surface area contributed by atoms with Gasteiger partial charge >= 0.3 is 0 Å². The number of nitrogens with one attached hydrogen (secondary N) is 1. The molecule has 3 heteroatoms.